The second-order valence-corrected chi connectivity index (χ2v) is 5.43. The molecule has 114 valence electrons. The number of hydrogen-bond donors (Lipinski definition) is 2. The molecule has 0 saturated heterocycles. The SMILES string of the molecule is CC(=O)N(c1cccc(Cl)c1)c1nc(/C=N/N=C(N)N)cs1. The number of nitrogens with two attached hydrogens (primary N) is 2. The first-order valence-electron chi connectivity index (χ1n) is 6.11. The minimum absolute atomic E-state index is 0.143. The van der Waals surface area contributed by atoms with Crippen molar-refractivity contribution in [1.29, 1.82) is 0 Å². The first kappa shape index (κ1) is 15.9. The lowest BCUT2D eigenvalue weighted by Gasteiger charge is -2.17. The summed E-state index contributed by atoms with van der Waals surface area (Å²) in [6.07, 6.45) is 1.40. The molecule has 0 aliphatic carbocycles. The van der Waals surface area contributed by atoms with E-state index in [2.05, 4.69) is 15.2 Å². The Morgan fingerprint density at radius 3 is 2.86 bits per heavy atom. The summed E-state index contributed by atoms with van der Waals surface area (Å²) in [6.45, 7) is 1.45. The molecule has 2 rings (SSSR count). The fourth-order valence-corrected chi connectivity index (χ4v) is 2.66. The van der Waals surface area contributed by atoms with Crippen molar-refractivity contribution in [3.05, 3.63) is 40.4 Å². The molecule has 0 spiro atoms. The maximum atomic E-state index is 11.9. The van der Waals surface area contributed by atoms with Gasteiger partial charge in [0.05, 0.1) is 17.6 Å². The van der Waals surface area contributed by atoms with Crippen LogP contribution in [0.1, 0.15) is 12.6 Å². The predicted octanol–water partition coefficient (Wildman–Crippen LogP) is 2.09. The van der Waals surface area contributed by atoms with Gasteiger partial charge in [-0.3, -0.25) is 9.69 Å². The summed E-state index contributed by atoms with van der Waals surface area (Å²) < 4.78 is 0. The van der Waals surface area contributed by atoms with E-state index in [1.165, 1.54) is 29.4 Å². The number of amides is 1. The lowest BCUT2D eigenvalue weighted by atomic mass is 10.3. The van der Waals surface area contributed by atoms with Crippen molar-refractivity contribution >= 4 is 51.8 Å². The van der Waals surface area contributed by atoms with Crippen molar-refractivity contribution < 1.29 is 4.79 Å². The standard InChI is InChI=1S/C13H13ClN6OS/c1-8(21)20(11-4-2-3-9(14)5-11)13-18-10(7-22-13)6-17-19-12(15)16/h2-7H,1H3,(H4,15,16,19)/b17-6+. The molecule has 4 N–H and O–H groups in total. The van der Waals surface area contributed by atoms with E-state index in [1.807, 2.05) is 0 Å². The maximum Gasteiger partial charge on any atom is 0.230 e. The molecule has 0 atom stereocenters. The molecule has 0 unspecified atom stereocenters. The number of anilines is 2. The van der Waals surface area contributed by atoms with Gasteiger partial charge in [-0.25, -0.2) is 4.98 Å². The topological polar surface area (TPSA) is 110 Å². The summed E-state index contributed by atoms with van der Waals surface area (Å²) in [5.74, 6) is -0.319. The molecule has 0 saturated carbocycles. The summed E-state index contributed by atoms with van der Waals surface area (Å²) in [5.41, 5.74) is 11.5. The van der Waals surface area contributed by atoms with Gasteiger partial charge in [0.25, 0.3) is 0 Å². The van der Waals surface area contributed by atoms with Crippen molar-refractivity contribution in [2.24, 2.45) is 21.7 Å². The fraction of sp³-hybridized carbons (Fsp3) is 0.0769. The molecule has 1 heterocycles. The number of rotatable bonds is 4. The summed E-state index contributed by atoms with van der Waals surface area (Å²) >= 11 is 7.26. The third kappa shape index (κ3) is 4.03. The molecule has 22 heavy (non-hydrogen) atoms. The molecule has 7 nitrogen and oxygen atoms in total. The van der Waals surface area contributed by atoms with Gasteiger partial charge in [0, 0.05) is 17.3 Å². The molecule has 9 heteroatoms. The number of carbonyl (C=O) groups is 1. The normalized spacial score (nSPS) is 10.6. The highest BCUT2D eigenvalue weighted by molar-refractivity contribution is 7.14. The number of benzene rings is 1. The van der Waals surface area contributed by atoms with E-state index < -0.39 is 0 Å². The van der Waals surface area contributed by atoms with Gasteiger partial charge in [0.2, 0.25) is 11.9 Å². The number of nitrogens with zero attached hydrogens (tertiary/aromatic N) is 4. The molecule has 2 aromatic rings. The van der Waals surface area contributed by atoms with Crippen molar-refractivity contribution in [1.82, 2.24) is 4.98 Å². The second kappa shape index (κ2) is 7.01. The van der Waals surface area contributed by atoms with Crippen LogP contribution in [-0.2, 0) is 4.79 Å². The summed E-state index contributed by atoms with van der Waals surface area (Å²) in [4.78, 5) is 17.7. The molecule has 0 radical (unpaired) electrons. The Kier molecular flexibility index (Phi) is 5.08. The van der Waals surface area contributed by atoms with Gasteiger partial charge in [-0.05, 0) is 18.2 Å². The van der Waals surface area contributed by atoms with Gasteiger partial charge < -0.3 is 11.5 Å². The van der Waals surface area contributed by atoms with Crippen LogP contribution in [-0.4, -0.2) is 23.1 Å². The van der Waals surface area contributed by atoms with Gasteiger partial charge in [-0.2, -0.15) is 5.10 Å². The largest absolute Gasteiger partial charge is 0.369 e. The van der Waals surface area contributed by atoms with E-state index >= 15 is 0 Å². The maximum absolute atomic E-state index is 11.9. The van der Waals surface area contributed by atoms with Crippen LogP contribution in [0.25, 0.3) is 0 Å². The van der Waals surface area contributed by atoms with E-state index in [0.29, 0.717) is 21.5 Å². The van der Waals surface area contributed by atoms with Crippen LogP contribution in [0.4, 0.5) is 10.8 Å². The minimum Gasteiger partial charge on any atom is -0.369 e. The molecule has 0 bridgehead atoms. The Labute approximate surface area is 135 Å². The van der Waals surface area contributed by atoms with Crippen molar-refractivity contribution in [2.45, 2.75) is 6.92 Å². The van der Waals surface area contributed by atoms with Crippen LogP contribution < -0.4 is 16.4 Å². The number of thiazole rings is 1. The molecule has 0 aliphatic heterocycles. The van der Waals surface area contributed by atoms with Crippen LogP contribution in [0.15, 0.2) is 39.8 Å². The van der Waals surface area contributed by atoms with Gasteiger partial charge in [-0.1, -0.05) is 17.7 Å². The lowest BCUT2D eigenvalue weighted by molar-refractivity contribution is -0.115. The van der Waals surface area contributed by atoms with Crippen molar-refractivity contribution in [3.63, 3.8) is 0 Å². The van der Waals surface area contributed by atoms with Crippen LogP contribution >= 0.6 is 22.9 Å². The van der Waals surface area contributed by atoms with E-state index in [0.717, 1.165) is 0 Å². The molecular weight excluding hydrogens is 324 g/mol. The van der Waals surface area contributed by atoms with Crippen LogP contribution in [0.5, 0.6) is 0 Å². The van der Waals surface area contributed by atoms with Crippen LogP contribution in [0.2, 0.25) is 5.02 Å². The van der Waals surface area contributed by atoms with E-state index in [4.69, 9.17) is 23.1 Å². The van der Waals surface area contributed by atoms with Crippen LogP contribution in [0.3, 0.4) is 0 Å². The third-order valence-corrected chi connectivity index (χ3v) is 3.52. The predicted molar refractivity (Wildman–Crippen MR) is 89.8 cm³/mol. The zero-order chi connectivity index (χ0) is 16.1. The van der Waals surface area contributed by atoms with Crippen molar-refractivity contribution in [2.75, 3.05) is 4.90 Å². The minimum atomic E-state index is -0.177. The average molecular weight is 337 g/mol. The second-order valence-electron chi connectivity index (χ2n) is 4.16. The van der Waals surface area contributed by atoms with Crippen molar-refractivity contribution in [3.8, 4) is 0 Å². The highest BCUT2D eigenvalue weighted by Crippen LogP contribution is 2.30. The number of hydrogen-bond acceptors (Lipinski definition) is 5. The smallest absolute Gasteiger partial charge is 0.230 e. The Bertz CT molecular complexity index is 738. The molecule has 0 aliphatic rings. The average Bonchev–Trinajstić information content (AvgIpc) is 2.86. The quantitative estimate of drug-likeness (QED) is 0.506. The number of guanidine groups is 1. The lowest BCUT2D eigenvalue weighted by Crippen LogP contribution is -2.22. The summed E-state index contributed by atoms with van der Waals surface area (Å²) in [7, 11) is 0. The molecule has 1 aromatic heterocycles. The monoisotopic (exact) mass is 336 g/mol. The Morgan fingerprint density at radius 2 is 2.23 bits per heavy atom. The Balaban J connectivity index is 2.31. The van der Waals surface area contributed by atoms with E-state index in [9.17, 15) is 4.79 Å². The zero-order valence-corrected chi connectivity index (χ0v) is 13.2. The summed E-state index contributed by atoms with van der Waals surface area (Å²) in [6, 6.07) is 6.97. The summed E-state index contributed by atoms with van der Waals surface area (Å²) in [5, 5.41) is 9.94. The Hall–Kier alpha value is -2.45. The third-order valence-electron chi connectivity index (χ3n) is 2.45. The highest BCUT2D eigenvalue weighted by Gasteiger charge is 2.17. The van der Waals surface area contributed by atoms with Gasteiger partial charge in [-0.15, -0.1) is 16.4 Å². The molecule has 0 fully saturated rings. The van der Waals surface area contributed by atoms with E-state index in [1.54, 1.807) is 29.6 Å². The molecular formula is C13H13ClN6OS. The number of aromatic nitrogens is 1. The molecule has 1 aromatic carbocycles. The number of carbonyl (C=O) groups excluding carboxylic acids is 1. The fourth-order valence-electron chi connectivity index (χ4n) is 1.64. The highest BCUT2D eigenvalue weighted by atomic mass is 35.5. The van der Waals surface area contributed by atoms with Gasteiger partial charge in [0.15, 0.2) is 5.13 Å². The first-order valence-corrected chi connectivity index (χ1v) is 7.37. The Morgan fingerprint density at radius 1 is 1.45 bits per heavy atom. The first-order chi connectivity index (χ1) is 10.5. The zero-order valence-electron chi connectivity index (χ0n) is 11.6. The molecule has 1 amide bonds. The van der Waals surface area contributed by atoms with Crippen LogP contribution in [0, 0.1) is 0 Å². The van der Waals surface area contributed by atoms with Gasteiger partial charge >= 0.3 is 0 Å². The van der Waals surface area contributed by atoms with E-state index in [-0.39, 0.29) is 11.9 Å². The number of halogens is 1. The van der Waals surface area contributed by atoms with Gasteiger partial charge in [0.1, 0.15) is 0 Å².